The van der Waals surface area contributed by atoms with E-state index in [0.29, 0.717) is 6.04 Å². The fourth-order valence-electron chi connectivity index (χ4n) is 3.08. The van der Waals surface area contributed by atoms with Gasteiger partial charge >= 0.3 is 0 Å². The zero-order valence-electron chi connectivity index (χ0n) is 13.0. The third-order valence-corrected chi connectivity index (χ3v) is 4.46. The number of rotatable bonds is 6. The molecule has 1 aliphatic carbocycles. The monoisotopic (exact) mass is 286 g/mol. The fourth-order valence-corrected chi connectivity index (χ4v) is 3.08. The molecule has 0 aliphatic heterocycles. The summed E-state index contributed by atoms with van der Waals surface area (Å²) in [6.45, 7) is 3.33. The Hall–Kier alpha value is -1.53. The van der Waals surface area contributed by atoms with Gasteiger partial charge in [0.2, 0.25) is 0 Å². The normalized spacial score (nSPS) is 17.7. The molecule has 2 rings (SSSR count). The number of nitriles is 1. The fraction of sp³-hybridized carbons (Fsp3) is 0.611. The van der Waals surface area contributed by atoms with E-state index in [1.165, 1.54) is 44.1 Å². The summed E-state index contributed by atoms with van der Waals surface area (Å²) in [5.74, 6) is 1.59. The van der Waals surface area contributed by atoms with E-state index in [1.54, 1.807) is 0 Å². The maximum atomic E-state index is 8.49. The molecule has 1 aromatic rings. The standard InChI is InChI=1S/C18H26N2O/c1-15(17-6-4-2-3-5-7-17)20-14-16-8-10-18(11-9-16)21-13-12-19/h8-11,15,17,20H,2-7,13-14H2,1H3/t15-/m1/s1. The van der Waals surface area contributed by atoms with Crippen molar-refractivity contribution in [3.05, 3.63) is 29.8 Å². The third-order valence-electron chi connectivity index (χ3n) is 4.46. The highest BCUT2D eigenvalue weighted by atomic mass is 16.5. The first-order valence-corrected chi connectivity index (χ1v) is 8.11. The van der Waals surface area contributed by atoms with E-state index < -0.39 is 0 Å². The van der Waals surface area contributed by atoms with E-state index in [1.807, 2.05) is 18.2 Å². The lowest BCUT2D eigenvalue weighted by Crippen LogP contribution is -2.32. The second-order valence-electron chi connectivity index (χ2n) is 6.01. The molecule has 0 amide bonds. The molecular weight excluding hydrogens is 260 g/mol. The molecule has 1 N–H and O–H groups in total. The average Bonchev–Trinajstić information content (AvgIpc) is 2.81. The Bertz CT molecular complexity index is 441. The second-order valence-corrected chi connectivity index (χ2v) is 6.01. The molecule has 0 radical (unpaired) electrons. The van der Waals surface area contributed by atoms with Crippen LogP contribution in [0, 0.1) is 17.2 Å². The highest BCUT2D eigenvalue weighted by molar-refractivity contribution is 5.27. The zero-order valence-corrected chi connectivity index (χ0v) is 13.0. The first-order chi connectivity index (χ1) is 10.3. The Morgan fingerprint density at radius 2 is 1.86 bits per heavy atom. The molecule has 1 atom stereocenters. The largest absolute Gasteiger partial charge is 0.479 e. The van der Waals surface area contributed by atoms with Crippen LogP contribution in [0.4, 0.5) is 0 Å². The molecule has 1 aliphatic rings. The van der Waals surface area contributed by atoms with Crippen molar-refractivity contribution in [3.8, 4) is 11.8 Å². The highest BCUT2D eigenvalue weighted by Crippen LogP contribution is 2.25. The van der Waals surface area contributed by atoms with Crippen molar-refractivity contribution in [2.24, 2.45) is 5.92 Å². The molecule has 0 aromatic heterocycles. The molecule has 0 bridgehead atoms. The minimum atomic E-state index is 0.107. The van der Waals surface area contributed by atoms with Gasteiger partial charge in [0.15, 0.2) is 6.61 Å². The summed E-state index contributed by atoms with van der Waals surface area (Å²) in [5, 5.41) is 12.2. The summed E-state index contributed by atoms with van der Waals surface area (Å²) >= 11 is 0. The molecule has 114 valence electrons. The van der Waals surface area contributed by atoms with Crippen LogP contribution in [0.25, 0.3) is 0 Å². The predicted molar refractivity (Wildman–Crippen MR) is 85.0 cm³/mol. The molecule has 3 nitrogen and oxygen atoms in total. The molecule has 0 spiro atoms. The van der Waals surface area contributed by atoms with Gasteiger partial charge in [0.1, 0.15) is 11.8 Å². The van der Waals surface area contributed by atoms with E-state index in [0.717, 1.165) is 18.2 Å². The Balaban J connectivity index is 1.77. The highest BCUT2D eigenvalue weighted by Gasteiger charge is 2.18. The lowest BCUT2D eigenvalue weighted by Gasteiger charge is -2.23. The van der Waals surface area contributed by atoms with Gasteiger partial charge in [-0.1, -0.05) is 37.8 Å². The minimum absolute atomic E-state index is 0.107. The van der Waals surface area contributed by atoms with Crippen molar-refractivity contribution in [2.75, 3.05) is 6.61 Å². The van der Waals surface area contributed by atoms with E-state index >= 15 is 0 Å². The summed E-state index contributed by atoms with van der Waals surface area (Å²) in [6.07, 6.45) is 8.34. The van der Waals surface area contributed by atoms with E-state index in [4.69, 9.17) is 10.00 Å². The Morgan fingerprint density at radius 1 is 1.19 bits per heavy atom. The Kier molecular flexibility index (Phi) is 6.56. The summed E-state index contributed by atoms with van der Waals surface area (Å²) in [5.41, 5.74) is 1.26. The summed E-state index contributed by atoms with van der Waals surface area (Å²) < 4.78 is 5.26. The van der Waals surface area contributed by atoms with Crippen LogP contribution in [-0.4, -0.2) is 12.6 Å². The van der Waals surface area contributed by atoms with Crippen molar-refractivity contribution < 1.29 is 4.74 Å². The summed E-state index contributed by atoms with van der Waals surface area (Å²) in [4.78, 5) is 0. The van der Waals surface area contributed by atoms with Crippen molar-refractivity contribution in [2.45, 2.75) is 58.0 Å². The third kappa shape index (κ3) is 5.40. The van der Waals surface area contributed by atoms with E-state index in [9.17, 15) is 0 Å². The van der Waals surface area contributed by atoms with Crippen molar-refractivity contribution in [1.29, 1.82) is 5.26 Å². The van der Waals surface area contributed by atoms with Crippen LogP contribution in [0.5, 0.6) is 5.75 Å². The van der Waals surface area contributed by atoms with Crippen LogP contribution in [0.2, 0.25) is 0 Å². The van der Waals surface area contributed by atoms with E-state index in [-0.39, 0.29) is 6.61 Å². The Morgan fingerprint density at radius 3 is 2.48 bits per heavy atom. The van der Waals surface area contributed by atoms with Crippen LogP contribution in [0.1, 0.15) is 51.0 Å². The lowest BCUT2D eigenvalue weighted by molar-refractivity contribution is 0.336. The molecule has 0 unspecified atom stereocenters. The summed E-state index contributed by atoms with van der Waals surface area (Å²) in [6, 6.07) is 10.6. The predicted octanol–water partition coefficient (Wildman–Crippen LogP) is 4.04. The van der Waals surface area contributed by atoms with Gasteiger partial charge in [-0.15, -0.1) is 0 Å². The molecule has 21 heavy (non-hydrogen) atoms. The molecule has 0 saturated heterocycles. The number of ether oxygens (including phenoxy) is 1. The quantitative estimate of drug-likeness (QED) is 0.803. The zero-order chi connectivity index (χ0) is 14.9. The van der Waals surface area contributed by atoms with Gasteiger partial charge in [0.25, 0.3) is 0 Å². The van der Waals surface area contributed by atoms with Gasteiger partial charge in [-0.25, -0.2) is 0 Å². The number of hydrogen-bond acceptors (Lipinski definition) is 3. The van der Waals surface area contributed by atoms with Crippen molar-refractivity contribution in [3.63, 3.8) is 0 Å². The van der Waals surface area contributed by atoms with Crippen LogP contribution in [0.15, 0.2) is 24.3 Å². The molecule has 0 heterocycles. The van der Waals surface area contributed by atoms with E-state index in [2.05, 4.69) is 24.4 Å². The van der Waals surface area contributed by atoms with Crippen molar-refractivity contribution >= 4 is 0 Å². The van der Waals surface area contributed by atoms with Crippen molar-refractivity contribution in [1.82, 2.24) is 5.32 Å². The molecule has 1 saturated carbocycles. The SMILES string of the molecule is C[C@@H](NCc1ccc(OCC#N)cc1)C1CCCCCC1. The van der Waals surface area contributed by atoms with Crippen LogP contribution >= 0.6 is 0 Å². The van der Waals surface area contributed by atoms with Gasteiger partial charge in [0, 0.05) is 12.6 Å². The van der Waals surface area contributed by atoms with Crippen LogP contribution in [0.3, 0.4) is 0 Å². The van der Waals surface area contributed by atoms with Gasteiger partial charge in [-0.2, -0.15) is 5.26 Å². The number of nitrogens with one attached hydrogen (secondary N) is 1. The van der Waals surface area contributed by atoms with Gasteiger partial charge in [-0.05, 0) is 43.4 Å². The maximum Gasteiger partial charge on any atom is 0.174 e. The van der Waals surface area contributed by atoms with Crippen LogP contribution < -0.4 is 10.1 Å². The first-order valence-electron chi connectivity index (χ1n) is 8.11. The second kappa shape index (κ2) is 8.69. The molecule has 1 fully saturated rings. The molecule has 1 aromatic carbocycles. The minimum Gasteiger partial charge on any atom is -0.479 e. The Labute approximate surface area is 128 Å². The topological polar surface area (TPSA) is 45.0 Å². The molecular formula is C18H26N2O. The van der Waals surface area contributed by atoms with Gasteiger partial charge in [0.05, 0.1) is 0 Å². The average molecular weight is 286 g/mol. The number of nitrogens with zero attached hydrogens (tertiary/aromatic N) is 1. The first kappa shape index (κ1) is 15.9. The number of benzene rings is 1. The molecule has 3 heteroatoms. The number of hydrogen-bond donors (Lipinski definition) is 1. The van der Waals surface area contributed by atoms with Crippen LogP contribution in [-0.2, 0) is 6.54 Å². The van der Waals surface area contributed by atoms with Gasteiger partial charge < -0.3 is 10.1 Å². The van der Waals surface area contributed by atoms with Gasteiger partial charge in [-0.3, -0.25) is 0 Å². The smallest absolute Gasteiger partial charge is 0.174 e. The lowest BCUT2D eigenvalue weighted by atomic mass is 9.93. The summed E-state index contributed by atoms with van der Waals surface area (Å²) in [7, 11) is 0. The maximum absolute atomic E-state index is 8.49.